The maximum atomic E-state index is 13.3. The molecule has 0 fully saturated rings. The number of carbonyl (C=O) groups excluding carboxylic acids is 2. The highest BCUT2D eigenvalue weighted by molar-refractivity contribution is 9.10. The fourth-order valence-corrected chi connectivity index (χ4v) is 5.17. The SMILES string of the molecule is CC1=NC(SCC(=O)c2cccc(Br)c2)=C(C#N)[C@@H](c2ccco2)C1C(=O)Nc1ccccc1. The summed E-state index contributed by atoms with van der Waals surface area (Å²) in [5, 5.41) is 13.4. The number of nitrogens with one attached hydrogen (secondary N) is 1. The molecule has 1 aliphatic heterocycles. The van der Waals surface area contributed by atoms with Crippen molar-refractivity contribution < 1.29 is 14.0 Å². The van der Waals surface area contributed by atoms with E-state index in [0.29, 0.717) is 33.3 Å². The lowest BCUT2D eigenvalue weighted by Crippen LogP contribution is -2.36. The lowest BCUT2D eigenvalue weighted by Gasteiger charge is -2.29. The number of Topliss-reactive ketones (excluding diaryl/α,β-unsaturated/α-hetero) is 1. The van der Waals surface area contributed by atoms with E-state index in [4.69, 9.17) is 4.42 Å². The summed E-state index contributed by atoms with van der Waals surface area (Å²) in [5.41, 5.74) is 2.08. The van der Waals surface area contributed by atoms with Crippen LogP contribution in [0.25, 0.3) is 0 Å². The van der Waals surface area contributed by atoms with E-state index in [2.05, 4.69) is 32.3 Å². The first-order valence-corrected chi connectivity index (χ1v) is 12.3. The van der Waals surface area contributed by atoms with E-state index >= 15 is 0 Å². The Bertz CT molecular complexity index is 1310. The van der Waals surface area contributed by atoms with Gasteiger partial charge in [-0.25, -0.2) is 4.99 Å². The molecule has 8 heteroatoms. The largest absolute Gasteiger partial charge is 0.469 e. The molecular weight excluding hydrogens is 514 g/mol. The summed E-state index contributed by atoms with van der Waals surface area (Å²) < 4.78 is 6.46. The zero-order valence-electron chi connectivity index (χ0n) is 18.2. The van der Waals surface area contributed by atoms with Gasteiger partial charge in [-0.05, 0) is 43.3 Å². The van der Waals surface area contributed by atoms with Crippen molar-refractivity contribution >= 4 is 50.8 Å². The predicted molar refractivity (Wildman–Crippen MR) is 137 cm³/mol. The highest BCUT2D eigenvalue weighted by Gasteiger charge is 2.41. The number of anilines is 1. The number of halogens is 1. The van der Waals surface area contributed by atoms with Crippen LogP contribution in [-0.2, 0) is 4.79 Å². The summed E-state index contributed by atoms with van der Waals surface area (Å²) in [4.78, 5) is 30.6. The summed E-state index contributed by atoms with van der Waals surface area (Å²) in [5.74, 6) is -1.14. The number of carbonyl (C=O) groups is 2. The van der Waals surface area contributed by atoms with Gasteiger partial charge < -0.3 is 9.73 Å². The van der Waals surface area contributed by atoms with Gasteiger partial charge in [0, 0.05) is 21.4 Å². The Hall–Kier alpha value is -3.41. The molecule has 2 heterocycles. The molecule has 170 valence electrons. The maximum Gasteiger partial charge on any atom is 0.234 e. The number of nitriles is 1. The molecule has 1 N–H and O–H groups in total. The average molecular weight is 534 g/mol. The lowest BCUT2D eigenvalue weighted by molar-refractivity contribution is -0.118. The third kappa shape index (κ3) is 5.22. The number of rotatable bonds is 7. The van der Waals surface area contributed by atoms with Gasteiger partial charge in [0.15, 0.2) is 5.78 Å². The summed E-state index contributed by atoms with van der Waals surface area (Å²) >= 11 is 4.57. The van der Waals surface area contributed by atoms with Gasteiger partial charge in [0.25, 0.3) is 0 Å². The lowest BCUT2D eigenvalue weighted by atomic mass is 9.79. The van der Waals surface area contributed by atoms with E-state index < -0.39 is 11.8 Å². The molecule has 4 rings (SSSR count). The molecule has 0 spiro atoms. The highest BCUT2D eigenvalue weighted by Crippen LogP contribution is 2.42. The standard InChI is InChI=1S/C26H20BrN3O3S/c1-16-23(25(32)30-19-9-3-2-4-10-19)24(22-11-6-12-33-22)20(14-28)26(29-16)34-15-21(31)17-7-5-8-18(27)13-17/h2-13,23-24H,15H2,1H3,(H,30,32)/t23?,24-/m0/s1. The predicted octanol–water partition coefficient (Wildman–Crippen LogP) is 6.21. The minimum Gasteiger partial charge on any atom is -0.469 e. The van der Waals surface area contributed by atoms with Gasteiger partial charge in [0.05, 0.1) is 35.5 Å². The van der Waals surface area contributed by atoms with Crippen LogP contribution < -0.4 is 5.32 Å². The minimum atomic E-state index is -0.730. The Balaban J connectivity index is 1.64. The number of benzene rings is 2. The first-order chi connectivity index (χ1) is 16.5. The topological polar surface area (TPSA) is 95.5 Å². The number of amides is 1. The van der Waals surface area contributed by atoms with Crippen molar-refractivity contribution in [3.63, 3.8) is 0 Å². The van der Waals surface area contributed by atoms with Crippen LogP contribution in [0.2, 0.25) is 0 Å². The number of hydrogen-bond donors (Lipinski definition) is 1. The van der Waals surface area contributed by atoms with Crippen LogP contribution in [0.1, 0.15) is 29.0 Å². The number of aliphatic imine (C=N–C) groups is 1. The van der Waals surface area contributed by atoms with E-state index in [1.165, 1.54) is 18.0 Å². The zero-order chi connectivity index (χ0) is 24.1. The van der Waals surface area contributed by atoms with Gasteiger partial charge >= 0.3 is 0 Å². The number of allylic oxidation sites excluding steroid dienone is 1. The Morgan fingerprint density at radius 2 is 1.94 bits per heavy atom. The van der Waals surface area contributed by atoms with E-state index in [1.54, 1.807) is 49.4 Å². The van der Waals surface area contributed by atoms with E-state index in [1.807, 2.05) is 24.3 Å². The van der Waals surface area contributed by atoms with Crippen LogP contribution >= 0.6 is 27.7 Å². The van der Waals surface area contributed by atoms with Gasteiger partial charge in [-0.1, -0.05) is 58.0 Å². The third-order valence-corrected chi connectivity index (χ3v) is 6.87. The van der Waals surface area contributed by atoms with Gasteiger partial charge in [-0.3, -0.25) is 9.59 Å². The molecule has 34 heavy (non-hydrogen) atoms. The second kappa shape index (κ2) is 10.7. The monoisotopic (exact) mass is 533 g/mol. The molecule has 2 aromatic carbocycles. The molecule has 0 aliphatic carbocycles. The van der Waals surface area contributed by atoms with Crippen molar-refractivity contribution in [3.8, 4) is 6.07 Å². The van der Waals surface area contributed by atoms with Crippen molar-refractivity contribution in [3.05, 3.63) is 99.4 Å². The molecule has 2 atom stereocenters. The second-order valence-corrected chi connectivity index (χ2v) is 9.51. The first kappa shape index (κ1) is 23.7. The van der Waals surface area contributed by atoms with Crippen LogP contribution in [0.5, 0.6) is 0 Å². The number of thioether (sulfide) groups is 1. The molecule has 6 nitrogen and oxygen atoms in total. The van der Waals surface area contributed by atoms with Crippen LogP contribution in [0.15, 0.2) is 97.5 Å². The van der Waals surface area contributed by atoms with Gasteiger partial charge in [-0.2, -0.15) is 5.26 Å². The zero-order valence-corrected chi connectivity index (χ0v) is 20.6. The van der Waals surface area contributed by atoms with Gasteiger partial charge in [0.1, 0.15) is 10.8 Å². The molecule has 0 saturated carbocycles. The number of nitrogens with zero attached hydrogens (tertiary/aromatic N) is 2. The Morgan fingerprint density at radius 3 is 2.62 bits per heavy atom. The molecule has 1 amide bonds. The quantitative estimate of drug-likeness (QED) is 0.364. The number of ketones is 1. The smallest absolute Gasteiger partial charge is 0.234 e. The third-order valence-electron chi connectivity index (χ3n) is 5.38. The maximum absolute atomic E-state index is 13.3. The number of hydrogen-bond acceptors (Lipinski definition) is 6. The first-order valence-electron chi connectivity index (χ1n) is 10.5. The van der Waals surface area contributed by atoms with Crippen LogP contribution in [-0.4, -0.2) is 23.2 Å². The number of furan rings is 1. The summed E-state index contributed by atoms with van der Waals surface area (Å²) in [6.07, 6.45) is 1.52. The van der Waals surface area contributed by atoms with Crippen LogP contribution in [0, 0.1) is 17.2 Å². The molecule has 1 aliphatic rings. The molecule has 0 bridgehead atoms. The molecule has 1 aromatic heterocycles. The average Bonchev–Trinajstić information content (AvgIpc) is 3.37. The van der Waals surface area contributed by atoms with Crippen molar-refractivity contribution in [2.45, 2.75) is 12.8 Å². The van der Waals surface area contributed by atoms with Crippen molar-refractivity contribution in [1.82, 2.24) is 0 Å². The second-order valence-electron chi connectivity index (χ2n) is 7.63. The number of para-hydroxylation sites is 1. The van der Waals surface area contributed by atoms with Gasteiger partial charge in [0.2, 0.25) is 5.91 Å². The molecular formula is C26H20BrN3O3S. The summed E-state index contributed by atoms with van der Waals surface area (Å²) in [7, 11) is 0. The Kier molecular flexibility index (Phi) is 7.46. The van der Waals surface area contributed by atoms with Crippen LogP contribution in [0.4, 0.5) is 5.69 Å². The van der Waals surface area contributed by atoms with Crippen molar-refractivity contribution in [2.24, 2.45) is 10.9 Å². The molecule has 0 radical (unpaired) electrons. The fraction of sp³-hybridized carbons (Fsp3) is 0.154. The Labute approximate surface area is 209 Å². The summed E-state index contributed by atoms with van der Waals surface area (Å²) in [6.45, 7) is 1.76. The van der Waals surface area contributed by atoms with E-state index in [9.17, 15) is 14.9 Å². The summed E-state index contributed by atoms with van der Waals surface area (Å²) in [6, 6.07) is 22.0. The van der Waals surface area contributed by atoms with Crippen molar-refractivity contribution in [1.29, 1.82) is 5.26 Å². The minimum absolute atomic E-state index is 0.0811. The van der Waals surface area contributed by atoms with E-state index in [-0.39, 0.29) is 17.4 Å². The molecule has 0 saturated heterocycles. The fourth-order valence-electron chi connectivity index (χ4n) is 3.79. The van der Waals surface area contributed by atoms with Crippen molar-refractivity contribution in [2.75, 3.05) is 11.1 Å². The van der Waals surface area contributed by atoms with E-state index in [0.717, 1.165) is 4.47 Å². The van der Waals surface area contributed by atoms with Gasteiger partial charge in [-0.15, -0.1) is 0 Å². The highest BCUT2D eigenvalue weighted by atomic mass is 79.9. The molecule has 3 aromatic rings. The normalized spacial score (nSPS) is 17.6. The Morgan fingerprint density at radius 1 is 1.15 bits per heavy atom. The molecule has 1 unspecified atom stereocenters. The van der Waals surface area contributed by atoms with Crippen LogP contribution in [0.3, 0.4) is 0 Å².